The van der Waals surface area contributed by atoms with Gasteiger partial charge in [0, 0.05) is 114 Å². The third-order valence-corrected chi connectivity index (χ3v) is 21.6. The van der Waals surface area contributed by atoms with Gasteiger partial charge in [0.1, 0.15) is 63.2 Å². The number of fused-ring (bicyclic) bond motifs is 1. The second-order valence-corrected chi connectivity index (χ2v) is 31.0. The van der Waals surface area contributed by atoms with Crippen molar-refractivity contribution in [2.24, 2.45) is 14.1 Å². The molecule has 28 nitrogen and oxygen atoms in total. The molecule has 12 fully saturated rings. The maximum absolute atomic E-state index is 13.4. The Kier molecular flexibility index (Phi) is 19.7. The van der Waals surface area contributed by atoms with Crippen molar-refractivity contribution in [3.05, 3.63) is 182 Å². The number of ether oxygens (including phenoxy) is 4. The van der Waals surface area contributed by atoms with Crippen LogP contribution in [0, 0.1) is 37.1 Å². The van der Waals surface area contributed by atoms with E-state index in [1.54, 1.807) is 56.4 Å². The first-order valence-corrected chi connectivity index (χ1v) is 35.7. The number of halogens is 8. The number of carbonyl (C=O) groups excluding carboxylic acids is 6. The smallest absolute Gasteiger partial charge is 0.315 e. The van der Waals surface area contributed by atoms with E-state index in [9.17, 15) is 46.3 Å². The number of benzene rings is 4. The second-order valence-electron chi connectivity index (χ2n) is 29.4. The van der Waals surface area contributed by atoms with Crippen molar-refractivity contribution >= 4 is 99.2 Å². The number of anilines is 2. The van der Waals surface area contributed by atoms with E-state index in [0.29, 0.717) is 61.8 Å². The van der Waals surface area contributed by atoms with Gasteiger partial charge in [0.15, 0.2) is 32.2 Å². The van der Waals surface area contributed by atoms with Crippen molar-refractivity contribution in [1.29, 1.82) is 0 Å². The van der Waals surface area contributed by atoms with E-state index in [1.165, 1.54) is 59.3 Å². The second kappa shape index (κ2) is 28.6. The van der Waals surface area contributed by atoms with Crippen LogP contribution >= 0.6 is 46.4 Å². The van der Waals surface area contributed by atoms with Crippen molar-refractivity contribution in [2.75, 3.05) is 37.1 Å². The number of aryl methyl sites for hydroxylation is 4. The van der Waals surface area contributed by atoms with Crippen LogP contribution in [0.1, 0.15) is 110 Å². The first kappa shape index (κ1) is 74.4. The van der Waals surface area contributed by atoms with Crippen LogP contribution < -0.4 is 61.5 Å². The molecule has 5 heterocycles. The minimum absolute atomic E-state index is 0.000799. The highest BCUT2D eigenvalue weighted by atomic mass is 35.5. The van der Waals surface area contributed by atoms with Gasteiger partial charge in [-0.15, -0.1) is 5.10 Å². The maximum atomic E-state index is 13.4. The topological polar surface area (TPSA) is 340 Å². The van der Waals surface area contributed by atoms with E-state index in [4.69, 9.17) is 69.8 Å². The van der Waals surface area contributed by atoms with Gasteiger partial charge in [0.2, 0.25) is 5.89 Å². The summed E-state index contributed by atoms with van der Waals surface area (Å²) < 4.78 is 85.0. The molecule has 0 unspecified atom stereocenters. The van der Waals surface area contributed by atoms with E-state index in [-0.39, 0.29) is 149 Å². The molecule has 0 aliphatic heterocycles. The van der Waals surface area contributed by atoms with Crippen molar-refractivity contribution in [3.8, 4) is 23.0 Å². The highest BCUT2D eigenvalue weighted by Gasteiger charge is 2.72. The molecule has 4 aromatic carbocycles. The molecule has 0 radical (unpaired) electrons. The fourth-order valence-corrected chi connectivity index (χ4v) is 16.6. The van der Waals surface area contributed by atoms with Gasteiger partial charge in [-0.2, -0.15) is 15.3 Å². The fraction of sp³-hybridized carbons (Fsp3) is 0.389. The van der Waals surface area contributed by atoms with Crippen LogP contribution in [-0.2, 0) is 33.3 Å². The van der Waals surface area contributed by atoms with Crippen LogP contribution in [0.25, 0.3) is 5.52 Å². The zero-order valence-electron chi connectivity index (χ0n) is 58.3. The predicted molar refractivity (Wildman–Crippen MR) is 383 cm³/mol. The number of carbonyl (C=O) groups is 6. The third kappa shape index (κ3) is 15.9. The van der Waals surface area contributed by atoms with Crippen LogP contribution in [-0.4, -0.2) is 151 Å². The van der Waals surface area contributed by atoms with Crippen molar-refractivity contribution < 1.29 is 69.7 Å². The lowest BCUT2D eigenvalue weighted by Gasteiger charge is -2.70. The maximum Gasteiger partial charge on any atom is 0.315 e. The Balaban J connectivity index is 0.000000121. The molecule has 36 heteroatoms. The zero-order valence-corrected chi connectivity index (χ0v) is 61.3. The van der Waals surface area contributed by atoms with E-state index in [0.717, 1.165) is 73.8 Å². The summed E-state index contributed by atoms with van der Waals surface area (Å²) >= 11 is 22.5. The number of hydrogen-bond donors (Lipinski definition) is 8. The Bertz CT molecular complexity index is 4980. The number of nitrogens with one attached hydrogen (secondary N) is 8. The number of amides is 6. The molecule has 6 amide bonds. The van der Waals surface area contributed by atoms with E-state index < -0.39 is 23.3 Å². The Morgan fingerprint density at radius 1 is 0.463 bits per heavy atom. The molecule has 0 spiro atoms. The lowest BCUT2D eigenvalue weighted by molar-refractivity contribution is -0.142. The molecule has 12 aliphatic rings. The number of hydrogen-bond acceptors (Lipinski definition) is 19. The Hall–Kier alpha value is -10.4. The van der Waals surface area contributed by atoms with E-state index >= 15 is 0 Å². The predicted octanol–water partition coefficient (Wildman–Crippen LogP) is 9.19. The summed E-state index contributed by atoms with van der Waals surface area (Å²) in [5.41, 5.74) is 1.15. The minimum Gasteiger partial charge on any atom is -0.484 e. The average molecular weight is 1570 g/mol. The SMILES string of the molecule is Cc1cc2c(NC34CC(NC(=O)COc5ccc(Cl)c(F)c5)(C3)C4)nccn2n1.Cc1nnc(NC23CC(NC(=O)COc4ccc(Cl)c(F)c4)(C2)C3)o1.Cn1ccc(C(=O)NC23CC(NC(=O)COc4ccc(Cl)c(F)c4)(C2)C3)n1.Cn1nccc1C(=O)NC12CC(NC(=O)COc3ccc(Cl)c(F)c3)(C1)C2. The number of nitrogens with zero attached hydrogens (tertiary/aromatic N) is 9. The monoisotopic (exact) mass is 1570 g/mol. The molecule has 5 aromatic heterocycles. The quantitative estimate of drug-likeness (QED) is 0.0261. The van der Waals surface area contributed by atoms with Crippen molar-refractivity contribution in [3.63, 3.8) is 0 Å². The standard InChI is InChI=1S/C20H19ClFN5O2.2C18H18ClFN4O3.C16H16ClFN4O3/c1-12-6-16-18(23-4-5-27(16)26-12)25-20-9-19(10-20,11-20)24-17(28)8-29-13-2-3-14(21)15(22)7-13;1-24-5-4-14(23-24)16(26)22-18-8-17(9-18,10-18)21-15(25)7-27-11-2-3-12(19)13(20)6-11;1-24-14(4-5-21-24)16(26)23-18-8-17(9-18,10-18)22-15(25)7-27-11-2-3-12(19)13(20)6-11;1-9-21-22-14(25-9)20-16-6-15(7-16,8-16)19-13(23)5-24-10-2-3-11(17)12(18)4-10/h2-7H,8-11H2,1H3,(H,23,25)(H,24,28);2-6H,7-10H2,1H3,(H,21,25)(H,22,26);2-6H,7-10H2,1H3,(H,22,25)(H,23,26);2-4H,5-8H2,1H3,(H,19,23)(H,20,22). The minimum atomic E-state index is -0.598. The number of aromatic nitrogens is 9. The molecule has 12 aliphatic carbocycles. The summed E-state index contributed by atoms with van der Waals surface area (Å²) in [6.07, 6.45) is 15.8. The van der Waals surface area contributed by atoms with Gasteiger partial charge in [0.05, 0.1) is 25.8 Å². The molecule has 12 saturated carbocycles. The fourth-order valence-electron chi connectivity index (χ4n) is 16.1. The van der Waals surface area contributed by atoms with E-state index in [1.807, 2.05) is 23.7 Å². The van der Waals surface area contributed by atoms with Crippen LogP contribution in [0.2, 0.25) is 20.1 Å². The summed E-state index contributed by atoms with van der Waals surface area (Å²) in [6, 6.07) is 21.9. The molecule has 0 atom stereocenters. The highest BCUT2D eigenvalue weighted by molar-refractivity contribution is 6.31. The first-order valence-electron chi connectivity index (χ1n) is 34.2. The number of rotatable bonds is 24. The summed E-state index contributed by atoms with van der Waals surface area (Å²) in [7, 11) is 3.47. The van der Waals surface area contributed by atoms with Gasteiger partial charge in [-0.25, -0.2) is 27.1 Å². The van der Waals surface area contributed by atoms with Crippen LogP contribution in [0.4, 0.5) is 29.4 Å². The first-order chi connectivity index (χ1) is 51.3. The molecule has 8 bridgehead atoms. The summed E-state index contributed by atoms with van der Waals surface area (Å²) in [6.45, 7) is 2.91. The Labute approximate surface area is 633 Å². The molecule has 108 heavy (non-hydrogen) atoms. The van der Waals surface area contributed by atoms with Gasteiger partial charge < -0.3 is 65.9 Å². The van der Waals surface area contributed by atoms with Gasteiger partial charge in [-0.3, -0.25) is 38.1 Å². The lowest BCUT2D eigenvalue weighted by Crippen LogP contribution is -2.84. The molecule has 9 aromatic rings. The average Bonchev–Trinajstić information content (AvgIpc) is 0.793. The van der Waals surface area contributed by atoms with Gasteiger partial charge in [-0.1, -0.05) is 51.5 Å². The van der Waals surface area contributed by atoms with Gasteiger partial charge in [0.25, 0.3) is 35.4 Å². The zero-order chi connectivity index (χ0) is 76.3. The van der Waals surface area contributed by atoms with E-state index in [2.05, 4.69) is 73.0 Å². The Morgan fingerprint density at radius 3 is 1.21 bits per heavy atom. The van der Waals surface area contributed by atoms with Crippen molar-refractivity contribution in [2.45, 2.75) is 135 Å². The van der Waals surface area contributed by atoms with Crippen LogP contribution in [0.3, 0.4) is 0 Å². The van der Waals surface area contributed by atoms with Crippen LogP contribution in [0.15, 0.2) is 120 Å². The van der Waals surface area contributed by atoms with Crippen LogP contribution in [0.5, 0.6) is 23.0 Å². The molecular formula is C72H71Cl4F4N17O11. The lowest BCUT2D eigenvalue weighted by atomic mass is 9.44. The Morgan fingerprint density at radius 2 is 0.852 bits per heavy atom. The molecule has 0 saturated heterocycles. The largest absolute Gasteiger partial charge is 0.484 e. The van der Waals surface area contributed by atoms with Gasteiger partial charge >= 0.3 is 6.01 Å². The third-order valence-electron chi connectivity index (χ3n) is 20.3. The molecule has 8 N–H and O–H groups in total. The van der Waals surface area contributed by atoms with Gasteiger partial charge in [-0.05, 0) is 151 Å². The summed E-state index contributed by atoms with van der Waals surface area (Å²) in [4.78, 5) is 77.4. The molecular weight excluding hydrogens is 1500 g/mol. The highest BCUT2D eigenvalue weighted by Crippen LogP contribution is 2.64. The molecule has 21 rings (SSSR count). The normalized spacial score (nSPS) is 25.3. The van der Waals surface area contributed by atoms with Crippen molar-refractivity contribution in [1.82, 2.24) is 76.3 Å². The molecule has 566 valence electrons. The summed E-state index contributed by atoms with van der Waals surface area (Å²) in [5, 5.41) is 44.9. The summed E-state index contributed by atoms with van der Waals surface area (Å²) in [5.74, 6) is -1.42.